The summed E-state index contributed by atoms with van der Waals surface area (Å²) >= 11 is 0. The Hall–Kier alpha value is -8.98. The van der Waals surface area contributed by atoms with Crippen LogP contribution in [0.2, 0.25) is 0 Å². The zero-order chi connectivity index (χ0) is 55.6. The molecule has 0 heterocycles. The van der Waals surface area contributed by atoms with Crippen LogP contribution in [0.15, 0.2) is 261 Å². The molecular formula is C81H68N2. The summed E-state index contributed by atoms with van der Waals surface area (Å²) in [6, 6.07) is 99.5. The number of para-hydroxylation sites is 3. The first-order chi connectivity index (χ1) is 40.7. The topological polar surface area (TPSA) is 6.48 Å². The average Bonchev–Trinajstić information content (AvgIpc) is 1.64. The molecule has 2 heteroatoms. The Balaban J connectivity index is 1.00. The first-order valence-electron chi connectivity index (χ1n) is 30.5. The summed E-state index contributed by atoms with van der Waals surface area (Å²) in [5.41, 5.74) is 28.2. The van der Waals surface area contributed by atoms with E-state index in [1.54, 1.807) is 0 Å². The van der Waals surface area contributed by atoms with Crippen LogP contribution in [0.1, 0.15) is 98.2 Å². The number of benzene rings is 11. The van der Waals surface area contributed by atoms with Crippen molar-refractivity contribution >= 4 is 34.1 Å². The van der Waals surface area contributed by atoms with Gasteiger partial charge in [-0.1, -0.05) is 216 Å². The van der Waals surface area contributed by atoms with Crippen molar-refractivity contribution < 1.29 is 0 Å². The highest BCUT2D eigenvalue weighted by atomic mass is 15.2. The van der Waals surface area contributed by atoms with E-state index in [0.29, 0.717) is 17.8 Å². The van der Waals surface area contributed by atoms with Gasteiger partial charge in [-0.3, -0.25) is 0 Å². The minimum Gasteiger partial charge on any atom is -0.310 e. The Morgan fingerprint density at radius 2 is 0.783 bits per heavy atom. The second-order valence-electron chi connectivity index (χ2n) is 25.4. The van der Waals surface area contributed by atoms with E-state index in [9.17, 15) is 0 Å². The molecule has 0 amide bonds. The molecule has 0 saturated heterocycles. The van der Waals surface area contributed by atoms with E-state index in [1.165, 1.54) is 126 Å². The average molecular weight is 1070 g/mol. The highest BCUT2D eigenvalue weighted by Gasteiger charge is 2.53. The van der Waals surface area contributed by atoms with Crippen LogP contribution in [-0.2, 0) is 10.8 Å². The fraction of sp³-hybridized carbons (Fsp3) is 0.185. The number of hydrogen-bond donors (Lipinski definition) is 0. The molecular weight excluding hydrogens is 1000 g/mol. The third kappa shape index (κ3) is 7.68. The molecule has 16 rings (SSSR count). The van der Waals surface area contributed by atoms with Crippen LogP contribution >= 0.6 is 0 Å². The van der Waals surface area contributed by atoms with Crippen LogP contribution in [-0.4, -0.2) is 0 Å². The molecule has 0 aromatic heterocycles. The number of fused-ring (bicyclic) bond motifs is 15. The first-order valence-corrected chi connectivity index (χ1v) is 30.5. The summed E-state index contributed by atoms with van der Waals surface area (Å²) in [7, 11) is 0. The van der Waals surface area contributed by atoms with Crippen molar-refractivity contribution in [2.45, 2.75) is 70.1 Å². The Morgan fingerprint density at radius 1 is 0.325 bits per heavy atom. The lowest BCUT2D eigenvalue weighted by molar-refractivity contribution is 0.0854. The quantitative estimate of drug-likeness (QED) is 0.142. The molecule has 1 spiro atoms. The van der Waals surface area contributed by atoms with Gasteiger partial charge in [-0.15, -0.1) is 0 Å². The lowest BCUT2D eigenvalue weighted by Gasteiger charge is -2.46. The molecule has 6 atom stereocenters. The largest absolute Gasteiger partial charge is 0.310 e. The zero-order valence-corrected chi connectivity index (χ0v) is 47.9. The van der Waals surface area contributed by atoms with Gasteiger partial charge in [0, 0.05) is 39.3 Å². The molecule has 402 valence electrons. The predicted octanol–water partition coefficient (Wildman–Crippen LogP) is 21.8. The Bertz CT molecular complexity index is 4270. The summed E-state index contributed by atoms with van der Waals surface area (Å²) < 4.78 is 0. The van der Waals surface area contributed by atoms with Crippen molar-refractivity contribution in [2.75, 3.05) is 9.80 Å². The van der Waals surface area contributed by atoms with Gasteiger partial charge < -0.3 is 9.80 Å². The minimum atomic E-state index is -0.676. The Kier molecular flexibility index (Phi) is 11.6. The summed E-state index contributed by atoms with van der Waals surface area (Å²) in [5, 5.41) is 0. The van der Waals surface area contributed by atoms with Crippen LogP contribution in [0.25, 0.3) is 55.6 Å². The van der Waals surface area contributed by atoms with Gasteiger partial charge >= 0.3 is 0 Å². The zero-order valence-electron chi connectivity index (χ0n) is 47.9. The van der Waals surface area contributed by atoms with Crippen LogP contribution in [0.3, 0.4) is 0 Å². The fourth-order valence-electron chi connectivity index (χ4n) is 17.0. The number of rotatable bonds is 9. The molecule has 5 aliphatic rings. The lowest BCUT2D eigenvalue weighted by atomic mass is 9.58. The molecule has 2 fully saturated rings. The van der Waals surface area contributed by atoms with E-state index in [-0.39, 0.29) is 5.41 Å². The summed E-state index contributed by atoms with van der Waals surface area (Å²) in [6.45, 7) is 9.84. The minimum absolute atomic E-state index is 0.120. The SMILES string of the molecule is CC1CC2CC(C)C(c3cccc(-c4cc5c(cc4N(c4ccccc4)c4ccc6c(c4)-c4ccccc4C6(C)C)C4(c6ccccc6-c6cc(-c7ccccc7)c(N(c7ccccc7)c7ccccc7)cc64)c4ccccc4-5)c3)C(C1)C2. The Morgan fingerprint density at radius 3 is 1.36 bits per heavy atom. The molecule has 5 aliphatic carbocycles. The van der Waals surface area contributed by atoms with Gasteiger partial charge in [0.05, 0.1) is 16.8 Å². The molecule has 11 aromatic rings. The Labute approximate surface area is 490 Å². The highest BCUT2D eigenvalue weighted by Crippen LogP contribution is 2.66. The number of anilines is 6. The van der Waals surface area contributed by atoms with Gasteiger partial charge in [-0.25, -0.2) is 0 Å². The third-order valence-electron chi connectivity index (χ3n) is 20.2. The van der Waals surface area contributed by atoms with Gasteiger partial charge in [0.15, 0.2) is 0 Å². The lowest BCUT2D eigenvalue weighted by Crippen LogP contribution is -2.35. The fourth-order valence-corrected chi connectivity index (χ4v) is 17.0. The standard InChI is InChI=1S/C81H68N2/c1-52-42-54-44-53(2)79(58(43-52)45-54)57-27-23-26-56(46-57)67-49-70-65-36-19-22-39-74(65)81(76(70)51-78(67)83(61-32-15-8-16-33-61)62-40-41-72-68(47-62)63-34-17-20-37-71(63)80(72,3)4)73-38-21-18-35-64(73)69-48-66(55-24-9-5-10-25-55)77(50-75(69)81)82(59-28-11-6-12-29-59)60-30-13-7-14-31-60/h5-41,46-54,58,79H,42-45H2,1-4H3. The highest BCUT2D eigenvalue weighted by molar-refractivity contribution is 6.03. The normalized spacial score (nSPS) is 20.8. The second kappa shape index (κ2) is 19.3. The van der Waals surface area contributed by atoms with Gasteiger partial charge in [0.2, 0.25) is 0 Å². The van der Waals surface area contributed by atoms with Crippen molar-refractivity contribution in [3.05, 3.63) is 300 Å². The van der Waals surface area contributed by atoms with Crippen LogP contribution < -0.4 is 9.80 Å². The summed E-state index contributed by atoms with van der Waals surface area (Å²) in [5.74, 6) is 3.52. The van der Waals surface area contributed by atoms with Gasteiger partial charge in [-0.2, -0.15) is 0 Å². The van der Waals surface area contributed by atoms with E-state index >= 15 is 0 Å². The molecule has 83 heavy (non-hydrogen) atoms. The maximum absolute atomic E-state index is 2.65. The van der Waals surface area contributed by atoms with Gasteiger partial charge in [0.25, 0.3) is 0 Å². The second-order valence-corrected chi connectivity index (χ2v) is 25.4. The van der Waals surface area contributed by atoms with Crippen molar-refractivity contribution in [1.29, 1.82) is 0 Å². The molecule has 0 N–H and O–H groups in total. The van der Waals surface area contributed by atoms with Crippen LogP contribution in [0.5, 0.6) is 0 Å². The molecule has 2 saturated carbocycles. The third-order valence-corrected chi connectivity index (χ3v) is 20.2. The van der Waals surface area contributed by atoms with E-state index < -0.39 is 5.41 Å². The predicted molar refractivity (Wildman–Crippen MR) is 347 cm³/mol. The monoisotopic (exact) mass is 1070 g/mol. The molecule has 11 aromatic carbocycles. The van der Waals surface area contributed by atoms with Crippen molar-refractivity contribution in [3.63, 3.8) is 0 Å². The van der Waals surface area contributed by atoms with Crippen LogP contribution in [0.4, 0.5) is 34.1 Å². The maximum atomic E-state index is 2.65. The molecule has 2 nitrogen and oxygen atoms in total. The molecule has 0 radical (unpaired) electrons. The summed E-state index contributed by atoms with van der Waals surface area (Å²) in [6.07, 6.45) is 5.40. The van der Waals surface area contributed by atoms with Crippen molar-refractivity contribution in [3.8, 4) is 55.6 Å². The van der Waals surface area contributed by atoms with Crippen LogP contribution in [0, 0.1) is 23.7 Å². The van der Waals surface area contributed by atoms with E-state index in [1.807, 2.05) is 0 Å². The summed E-state index contributed by atoms with van der Waals surface area (Å²) in [4.78, 5) is 5.08. The van der Waals surface area contributed by atoms with Crippen molar-refractivity contribution in [1.82, 2.24) is 0 Å². The molecule has 0 aliphatic heterocycles. The first kappa shape index (κ1) is 49.8. The number of nitrogens with zero attached hydrogens (tertiary/aromatic N) is 2. The molecule has 6 unspecified atom stereocenters. The van der Waals surface area contributed by atoms with E-state index in [0.717, 1.165) is 40.3 Å². The molecule has 2 bridgehead atoms. The van der Waals surface area contributed by atoms with Crippen molar-refractivity contribution in [2.24, 2.45) is 23.7 Å². The smallest absolute Gasteiger partial charge is 0.0727 e. The number of hydrogen-bond acceptors (Lipinski definition) is 2. The maximum Gasteiger partial charge on any atom is 0.0727 e. The van der Waals surface area contributed by atoms with E-state index in [4.69, 9.17) is 0 Å². The van der Waals surface area contributed by atoms with E-state index in [2.05, 4.69) is 298 Å². The van der Waals surface area contributed by atoms with Gasteiger partial charge in [0.1, 0.15) is 0 Å². The van der Waals surface area contributed by atoms with Gasteiger partial charge in [-0.05, 0) is 212 Å².